The van der Waals surface area contributed by atoms with Gasteiger partial charge in [-0.25, -0.2) is 4.79 Å². The molecule has 0 bridgehead atoms. The van der Waals surface area contributed by atoms with Crippen molar-refractivity contribution in [3.63, 3.8) is 0 Å². The molecule has 1 heterocycles. The molecule has 14 heavy (non-hydrogen) atoms. The zero-order valence-electron chi connectivity index (χ0n) is 8.15. The maximum atomic E-state index is 11.1. The highest BCUT2D eigenvalue weighted by atomic mass is 32.1. The molecule has 0 radical (unpaired) electrons. The van der Waals surface area contributed by atoms with E-state index < -0.39 is 0 Å². The average Bonchev–Trinajstić information content (AvgIpc) is 2.65. The molecular weight excluding hydrogens is 200 g/mol. The zero-order valence-corrected chi connectivity index (χ0v) is 8.97. The predicted molar refractivity (Wildman–Crippen MR) is 54.6 cm³/mol. The third-order valence-corrected chi connectivity index (χ3v) is 2.89. The summed E-state index contributed by atoms with van der Waals surface area (Å²) < 4.78 is 4.58. The molecule has 1 aromatic rings. The topological polar surface area (TPSA) is 43.4 Å². The second-order valence-electron chi connectivity index (χ2n) is 3.08. The molecule has 0 aliphatic heterocycles. The Morgan fingerprint density at radius 2 is 2.36 bits per heavy atom. The van der Waals surface area contributed by atoms with Crippen LogP contribution in [0.25, 0.3) is 0 Å². The summed E-state index contributed by atoms with van der Waals surface area (Å²) in [6.45, 7) is 1.85. The van der Waals surface area contributed by atoms with Crippen LogP contribution >= 0.6 is 11.3 Å². The predicted octanol–water partition coefficient (Wildman–Crippen LogP) is 1.91. The fraction of sp³-hybridized carbons (Fsp3) is 0.400. The maximum Gasteiger partial charge on any atom is 0.348 e. The highest BCUT2D eigenvalue weighted by molar-refractivity contribution is 7.13. The highest BCUT2D eigenvalue weighted by Crippen LogP contribution is 2.19. The molecule has 3 nitrogen and oxygen atoms in total. The first-order valence-corrected chi connectivity index (χ1v) is 5.11. The van der Waals surface area contributed by atoms with Crippen molar-refractivity contribution in [2.45, 2.75) is 13.3 Å². The van der Waals surface area contributed by atoms with Crippen LogP contribution < -0.4 is 0 Å². The Labute approximate surface area is 86.7 Å². The summed E-state index contributed by atoms with van der Waals surface area (Å²) >= 11 is 1.38. The van der Waals surface area contributed by atoms with Gasteiger partial charge in [0, 0.05) is 10.8 Å². The molecule has 0 fully saturated rings. The molecule has 76 valence electrons. The van der Waals surface area contributed by atoms with Gasteiger partial charge in [0.05, 0.1) is 7.11 Å². The molecule has 0 saturated carbocycles. The van der Waals surface area contributed by atoms with Crippen LogP contribution in [0.5, 0.6) is 0 Å². The minimum atomic E-state index is -0.319. The fourth-order valence-electron chi connectivity index (χ4n) is 1.06. The Kier molecular flexibility index (Phi) is 3.83. The van der Waals surface area contributed by atoms with Gasteiger partial charge in [-0.3, -0.25) is 0 Å². The van der Waals surface area contributed by atoms with Crippen LogP contribution in [0, 0.1) is 5.92 Å². The third kappa shape index (κ3) is 2.67. The van der Waals surface area contributed by atoms with Crippen LogP contribution in [0.1, 0.15) is 21.5 Å². The van der Waals surface area contributed by atoms with E-state index in [1.54, 1.807) is 6.07 Å². The van der Waals surface area contributed by atoms with E-state index in [0.717, 1.165) is 11.2 Å². The zero-order chi connectivity index (χ0) is 10.6. The molecule has 0 aliphatic carbocycles. The van der Waals surface area contributed by atoms with E-state index in [9.17, 15) is 9.59 Å². The van der Waals surface area contributed by atoms with Gasteiger partial charge in [0.1, 0.15) is 11.2 Å². The summed E-state index contributed by atoms with van der Waals surface area (Å²) in [5, 5.41) is 0. The van der Waals surface area contributed by atoms with Crippen molar-refractivity contribution in [3.05, 3.63) is 21.9 Å². The van der Waals surface area contributed by atoms with Gasteiger partial charge in [0.25, 0.3) is 0 Å². The molecule has 1 rings (SSSR count). The lowest BCUT2D eigenvalue weighted by atomic mass is 10.1. The van der Waals surface area contributed by atoms with E-state index in [-0.39, 0.29) is 11.9 Å². The SMILES string of the molecule is COC(=O)c1ccc(CC(C)C=O)s1. The van der Waals surface area contributed by atoms with E-state index >= 15 is 0 Å². The smallest absolute Gasteiger partial charge is 0.348 e. The van der Waals surface area contributed by atoms with Gasteiger partial charge >= 0.3 is 5.97 Å². The number of methoxy groups -OCH3 is 1. The first kappa shape index (κ1) is 10.9. The number of esters is 1. The highest BCUT2D eigenvalue weighted by Gasteiger charge is 2.10. The van der Waals surface area contributed by atoms with E-state index in [1.165, 1.54) is 18.4 Å². The van der Waals surface area contributed by atoms with Crippen molar-refractivity contribution in [2.75, 3.05) is 7.11 Å². The number of carbonyl (C=O) groups is 2. The van der Waals surface area contributed by atoms with Crippen LogP contribution in [0.3, 0.4) is 0 Å². The van der Waals surface area contributed by atoms with Crippen LogP contribution in [0.2, 0.25) is 0 Å². The molecular formula is C10H12O3S. The summed E-state index contributed by atoms with van der Waals surface area (Å²) in [7, 11) is 1.36. The van der Waals surface area contributed by atoms with Crippen LogP contribution in [-0.4, -0.2) is 19.4 Å². The largest absolute Gasteiger partial charge is 0.465 e. The van der Waals surface area contributed by atoms with Gasteiger partial charge < -0.3 is 9.53 Å². The van der Waals surface area contributed by atoms with Crippen molar-refractivity contribution >= 4 is 23.6 Å². The Morgan fingerprint density at radius 3 is 2.93 bits per heavy atom. The van der Waals surface area contributed by atoms with E-state index in [0.29, 0.717) is 11.3 Å². The van der Waals surface area contributed by atoms with E-state index in [2.05, 4.69) is 4.74 Å². The van der Waals surface area contributed by atoms with Gasteiger partial charge in [-0.05, 0) is 18.6 Å². The lowest BCUT2D eigenvalue weighted by Crippen LogP contribution is -1.98. The van der Waals surface area contributed by atoms with Gasteiger partial charge in [-0.1, -0.05) is 6.92 Å². The first-order chi connectivity index (χ1) is 6.67. The van der Waals surface area contributed by atoms with Crippen LogP contribution in [-0.2, 0) is 16.0 Å². The molecule has 0 spiro atoms. The Hall–Kier alpha value is -1.16. The van der Waals surface area contributed by atoms with Gasteiger partial charge in [-0.2, -0.15) is 0 Å². The van der Waals surface area contributed by atoms with Crippen molar-refractivity contribution in [2.24, 2.45) is 5.92 Å². The molecule has 0 N–H and O–H groups in total. The van der Waals surface area contributed by atoms with E-state index in [1.807, 2.05) is 13.0 Å². The summed E-state index contributed by atoms with van der Waals surface area (Å²) in [5.74, 6) is -0.320. The minimum absolute atomic E-state index is 0.000790. The van der Waals surface area contributed by atoms with Crippen LogP contribution in [0.4, 0.5) is 0 Å². The molecule has 0 aromatic carbocycles. The van der Waals surface area contributed by atoms with Crippen molar-refractivity contribution in [1.29, 1.82) is 0 Å². The van der Waals surface area contributed by atoms with Crippen LogP contribution in [0.15, 0.2) is 12.1 Å². The summed E-state index contributed by atoms with van der Waals surface area (Å²) in [6, 6.07) is 3.58. The molecule has 0 aliphatic rings. The quantitative estimate of drug-likeness (QED) is 0.565. The maximum absolute atomic E-state index is 11.1. The van der Waals surface area contributed by atoms with Crippen molar-refractivity contribution in [3.8, 4) is 0 Å². The molecule has 4 heteroatoms. The lowest BCUT2D eigenvalue weighted by molar-refractivity contribution is -0.110. The Bertz CT molecular complexity index is 330. The molecule has 0 saturated heterocycles. The normalized spacial score (nSPS) is 12.1. The third-order valence-electron chi connectivity index (χ3n) is 1.80. The molecule has 1 atom stereocenters. The number of thiophene rings is 1. The molecule has 1 unspecified atom stereocenters. The van der Waals surface area contributed by atoms with Crippen molar-refractivity contribution in [1.82, 2.24) is 0 Å². The van der Waals surface area contributed by atoms with Gasteiger partial charge in [-0.15, -0.1) is 11.3 Å². The monoisotopic (exact) mass is 212 g/mol. The van der Waals surface area contributed by atoms with E-state index in [4.69, 9.17) is 0 Å². The second-order valence-corrected chi connectivity index (χ2v) is 4.24. The van der Waals surface area contributed by atoms with Gasteiger partial charge in [0.15, 0.2) is 0 Å². The number of hydrogen-bond donors (Lipinski definition) is 0. The molecule has 0 amide bonds. The Morgan fingerprint density at radius 1 is 1.64 bits per heavy atom. The standard InChI is InChI=1S/C10H12O3S/c1-7(6-11)5-8-3-4-9(14-8)10(12)13-2/h3-4,6-7H,5H2,1-2H3. The number of aldehydes is 1. The average molecular weight is 212 g/mol. The number of carbonyl (C=O) groups excluding carboxylic acids is 2. The lowest BCUT2D eigenvalue weighted by Gasteiger charge is -1.98. The van der Waals surface area contributed by atoms with Gasteiger partial charge in [0.2, 0.25) is 0 Å². The van der Waals surface area contributed by atoms with Crippen molar-refractivity contribution < 1.29 is 14.3 Å². The number of hydrogen-bond acceptors (Lipinski definition) is 4. The second kappa shape index (κ2) is 4.91. The summed E-state index contributed by atoms with van der Waals surface area (Å²) in [5.41, 5.74) is 0. The summed E-state index contributed by atoms with van der Waals surface area (Å²) in [4.78, 5) is 23.1. The fourth-order valence-corrected chi connectivity index (χ4v) is 2.13. The number of ether oxygens (including phenoxy) is 1. The number of rotatable bonds is 4. The Balaban J connectivity index is 2.68. The summed E-state index contributed by atoms with van der Waals surface area (Å²) in [6.07, 6.45) is 1.60. The molecule has 1 aromatic heterocycles. The first-order valence-electron chi connectivity index (χ1n) is 4.29. The minimum Gasteiger partial charge on any atom is -0.465 e.